The van der Waals surface area contributed by atoms with E-state index in [1.54, 1.807) is 6.20 Å². The van der Waals surface area contributed by atoms with Crippen molar-refractivity contribution in [3.8, 4) is 0 Å². The number of fused-ring (bicyclic) bond motifs is 3. The summed E-state index contributed by atoms with van der Waals surface area (Å²) in [5.74, 6) is -0.881. The third kappa shape index (κ3) is 1.71. The second-order valence-corrected chi connectivity index (χ2v) is 4.66. The zero-order valence-corrected chi connectivity index (χ0v) is 10.8. The number of para-hydroxylation sites is 1. The Balaban J connectivity index is 2.40. The van der Waals surface area contributed by atoms with Gasteiger partial charge in [0.25, 0.3) is 0 Å². The van der Waals surface area contributed by atoms with Crippen molar-refractivity contribution in [1.29, 1.82) is 0 Å². The fourth-order valence-electron chi connectivity index (χ4n) is 2.87. The molecule has 1 aromatic heterocycles. The summed E-state index contributed by atoms with van der Waals surface area (Å²) in [5, 5.41) is 13.7. The summed E-state index contributed by atoms with van der Waals surface area (Å²) in [5.41, 5.74) is 3.45. The Morgan fingerprint density at radius 2 is 2.21 bits per heavy atom. The molecule has 3 rings (SSSR count). The van der Waals surface area contributed by atoms with Crippen molar-refractivity contribution >= 4 is 22.4 Å². The first-order chi connectivity index (χ1) is 9.24. The van der Waals surface area contributed by atoms with Crippen molar-refractivity contribution < 1.29 is 9.90 Å². The molecule has 0 amide bonds. The Bertz CT molecular complexity index is 683. The van der Waals surface area contributed by atoms with Crippen molar-refractivity contribution in [2.75, 3.05) is 6.54 Å². The second-order valence-electron chi connectivity index (χ2n) is 4.66. The normalized spacial score (nSPS) is 14.5. The first-order valence-corrected chi connectivity index (χ1v) is 6.51. The number of nitrogens with zero attached hydrogens (tertiary/aromatic N) is 1. The first-order valence-electron chi connectivity index (χ1n) is 6.51. The summed E-state index contributed by atoms with van der Waals surface area (Å²) in [4.78, 5) is 11.5. The molecule has 2 N–H and O–H groups in total. The molecule has 0 bridgehead atoms. The molecule has 0 aliphatic carbocycles. The molecule has 1 aliphatic heterocycles. The molecule has 0 radical (unpaired) electrons. The first kappa shape index (κ1) is 11.8. The van der Waals surface area contributed by atoms with E-state index in [9.17, 15) is 9.90 Å². The smallest absolute Gasteiger partial charge is 0.339 e. The number of aryl methyl sites for hydroxylation is 1. The predicted octanol–water partition coefficient (Wildman–Crippen LogP) is 2.23. The number of aromatic nitrogens is 1. The van der Waals surface area contributed by atoms with E-state index in [0.717, 1.165) is 41.7 Å². The number of carboxylic acid groups (broad SMARTS) is 1. The number of nitrogens with one attached hydrogen (secondary N) is 1. The van der Waals surface area contributed by atoms with Crippen LogP contribution in [-0.2, 0) is 17.8 Å². The van der Waals surface area contributed by atoms with Crippen LogP contribution in [0.1, 0.15) is 18.2 Å². The number of benzene rings is 1. The lowest BCUT2D eigenvalue weighted by Gasteiger charge is -2.09. The highest BCUT2D eigenvalue weighted by Gasteiger charge is 2.24. The lowest BCUT2D eigenvalue weighted by atomic mass is 10.0. The molecular formula is C15H16N2O2. The number of hydrogen-bond acceptors (Lipinski definition) is 2. The Hall–Kier alpha value is -2.23. The van der Waals surface area contributed by atoms with E-state index in [4.69, 9.17) is 0 Å². The predicted molar refractivity (Wildman–Crippen MR) is 74.9 cm³/mol. The highest BCUT2D eigenvalue weighted by Crippen LogP contribution is 2.32. The number of carboxylic acids is 1. The molecule has 0 spiro atoms. The SMILES string of the molecule is CCn1c2c(c3ccccc31)CCNC=C2C(=O)O. The Labute approximate surface area is 111 Å². The molecule has 2 aromatic rings. The molecular weight excluding hydrogens is 240 g/mol. The van der Waals surface area contributed by atoms with E-state index in [0.29, 0.717) is 5.57 Å². The molecule has 2 heterocycles. The Kier molecular flexibility index (Phi) is 2.78. The van der Waals surface area contributed by atoms with Gasteiger partial charge < -0.3 is 15.0 Å². The summed E-state index contributed by atoms with van der Waals surface area (Å²) < 4.78 is 2.09. The van der Waals surface area contributed by atoms with Crippen LogP contribution in [0, 0.1) is 0 Å². The minimum atomic E-state index is -0.881. The molecule has 1 aromatic carbocycles. The van der Waals surface area contributed by atoms with Crippen LogP contribution in [0.15, 0.2) is 30.5 Å². The van der Waals surface area contributed by atoms with Crippen LogP contribution >= 0.6 is 0 Å². The maximum atomic E-state index is 11.5. The van der Waals surface area contributed by atoms with Gasteiger partial charge in [-0.15, -0.1) is 0 Å². The summed E-state index contributed by atoms with van der Waals surface area (Å²) in [6.45, 7) is 3.58. The van der Waals surface area contributed by atoms with E-state index < -0.39 is 5.97 Å². The van der Waals surface area contributed by atoms with Crippen LogP contribution in [-0.4, -0.2) is 22.2 Å². The fourth-order valence-corrected chi connectivity index (χ4v) is 2.87. The monoisotopic (exact) mass is 256 g/mol. The summed E-state index contributed by atoms with van der Waals surface area (Å²) in [6.07, 6.45) is 2.47. The van der Waals surface area contributed by atoms with Crippen LogP contribution in [0.3, 0.4) is 0 Å². The van der Waals surface area contributed by atoms with Crippen LogP contribution in [0.4, 0.5) is 0 Å². The number of hydrogen-bond donors (Lipinski definition) is 2. The van der Waals surface area contributed by atoms with Crippen LogP contribution in [0.5, 0.6) is 0 Å². The summed E-state index contributed by atoms with van der Waals surface area (Å²) >= 11 is 0. The third-order valence-electron chi connectivity index (χ3n) is 3.64. The molecule has 0 saturated carbocycles. The van der Waals surface area contributed by atoms with E-state index in [1.807, 2.05) is 19.1 Å². The van der Waals surface area contributed by atoms with Crippen LogP contribution < -0.4 is 5.32 Å². The molecule has 4 nitrogen and oxygen atoms in total. The van der Waals surface area contributed by atoms with Crippen molar-refractivity contribution in [2.45, 2.75) is 19.9 Å². The molecule has 0 unspecified atom stereocenters. The van der Waals surface area contributed by atoms with Gasteiger partial charge in [-0.3, -0.25) is 0 Å². The molecule has 1 aliphatic rings. The second kappa shape index (κ2) is 4.46. The summed E-state index contributed by atoms with van der Waals surface area (Å²) in [7, 11) is 0. The fraction of sp³-hybridized carbons (Fsp3) is 0.267. The summed E-state index contributed by atoms with van der Waals surface area (Å²) in [6, 6.07) is 8.13. The Morgan fingerprint density at radius 1 is 1.42 bits per heavy atom. The number of aliphatic carboxylic acids is 1. The zero-order valence-electron chi connectivity index (χ0n) is 10.8. The molecule has 0 saturated heterocycles. The zero-order chi connectivity index (χ0) is 13.4. The molecule has 0 atom stereocenters. The largest absolute Gasteiger partial charge is 0.478 e. The quantitative estimate of drug-likeness (QED) is 0.866. The molecule has 19 heavy (non-hydrogen) atoms. The van der Waals surface area contributed by atoms with Gasteiger partial charge in [0.2, 0.25) is 0 Å². The van der Waals surface area contributed by atoms with Gasteiger partial charge in [-0.25, -0.2) is 4.79 Å². The van der Waals surface area contributed by atoms with E-state index >= 15 is 0 Å². The maximum absolute atomic E-state index is 11.5. The average molecular weight is 256 g/mol. The van der Waals surface area contributed by atoms with Gasteiger partial charge in [0.1, 0.15) is 0 Å². The minimum absolute atomic E-state index is 0.352. The van der Waals surface area contributed by atoms with Gasteiger partial charge in [0, 0.05) is 30.2 Å². The maximum Gasteiger partial charge on any atom is 0.339 e. The highest BCUT2D eigenvalue weighted by atomic mass is 16.4. The van der Waals surface area contributed by atoms with E-state index in [-0.39, 0.29) is 0 Å². The van der Waals surface area contributed by atoms with Gasteiger partial charge >= 0.3 is 5.97 Å². The third-order valence-corrected chi connectivity index (χ3v) is 3.64. The molecule has 98 valence electrons. The van der Waals surface area contributed by atoms with Gasteiger partial charge in [0.15, 0.2) is 0 Å². The van der Waals surface area contributed by atoms with Gasteiger partial charge in [-0.05, 0) is 25.0 Å². The van der Waals surface area contributed by atoms with Crippen molar-refractivity contribution in [3.05, 3.63) is 41.7 Å². The van der Waals surface area contributed by atoms with Crippen LogP contribution in [0.2, 0.25) is 0 Å². The van der Waals surface area contributed by atoms with Gasteiger partial charge in [-0.1, -0.05) is 18.2 Å². The Morgan fingerprint density at radius 3 is 2.95 bits per heavy atom. The topological polar surface area (TPSA) is 54.3 Å². The molecule has 4 heteroatoms. The van der Waals surface area contributed by atoms with Crippen LogP contribution in [0.25, 0.3) is 16.5 Å². The lowest BCUT2D eigenvalue weighted by molar-refractivity contribution is -0.130. The number of carbonyl (C=O) groups is 1. The van der Waals surface area contributed by atoms with Gasteiger partial charge in [-0.2, -0.15) is 0 Å². The standard InChI is InChI=1S/C15H16N2O2/c1-2-17-13-6-4-3-5-10(13)11-7-8-16-9-12(14(11)17)15(18)19/h3-6,9,16H,2,7-8H2,1H3,(H,18,19). The van der Waals surface area contributed by atoms with Crippen molar-refractivity contribution in [3.63, 3.8) is 0 Å². The van der Waals surface area contributed by atoms with Gasteiger partial charge in [0.05, 0.1) is 11.3 Å². The van der Waals surface area contributed by atoms with Crippen molar-refractivity contribution in [1.82, 2.24) is 9.88 Å². The van der Waals surface area contributed by atoms with E-state index in [2.05, 4.69) is 22.0 Å². The van der Waals surface area contributed by atoms with E-state index in [1.165, 1.54) is 0 Å². The molecule has 0 fully saturated rings. The average Bonchev–Trinajstić information content (AvgIpc) is 2.58. The number of rotatable bonds is 2. The minimum Gasteiger partial charge on any atom is -0.478 e. The lowest BCUT2D eigenvalue weighted by Crippen LogP contribution is -2.10. The van der Waals surface area contributed by atoms with Crippen molar-refractivity contribution in [2.24, 2.45) is 0 Å². The highest BCUT2D eigenvalue weighted by molar-refractivity contribution is 6.16.